The van der Waals surface area contributed by atoms with Crippen LogP contribution >= 0.6 is 0 Å². The molecule has 1 aliphatic heterocycles. The Morgan fingerprint density at radius 1 is 1.24 bits per heavy atom. The molecule has 0 amide bonds. The molecule has 1 N–H and O–H groups in total. The van der Waals surface area contributed by atoms with E-state index in [1.807, 2.05) is 0 Å². The number of morpholine rings is 1. The Balaban J connectivity index is 2.17. The zero-order valence-corrected chi connectivity index (χ0v) is 13.9. The van der Waals surface area contributed by atoms with Crippen LogP contribution in [0, 0.1) is 13.8 Å². The summed E-state index contributed by atoms with van der Waals surface area (Å²) in [5, 5.41) is 10.9. The van der Waals surface area contributed by atoms with Gasteiger partial charge in [-0.2, -0.15) is 0 Å². The molecule has 1 aromatic carbocycles. The quantitative estimate of drug-likeness (QED) is 0.905. The molecule has 3 heteroatoms. The highest BCUT2D eigenvalue weighted by Crippen LogP contribution is 2.28. The molecule has 1 saturated heterocycles. The normalized spacial score (nSPS) is 21.0. The van der Waals surface area contributed by atoms with Gasteiger partial charge in [0.05, 0.1) is 19.3 Å². The highest BCUT2D eigenvalue weighted by atomic mass is 16.5. The second kappa shape index (κ2) is 6.91. The van der Waals surface area contributed by atoms with Crippen LogP contribution in [0.5, 0.6) is 0 Å². The lowest BCUT2D eigenvalue weighted by Crippen LogP contribution is -2.58. The molecule has 0 spiro atoms. The van der Waals surface area contributed by atoms with Gasteiger partial charge >= 0.3 is 0 Å². The summed E-state index contributed by atoms with van der Waals surface area (Å²) in [7, 11) is 0. The van der Waals surface area contributed by atoms with Crippen LogP contribution in [-0.4, -0.2) is 48.0 Å². The molecule has 0 aromatic heterocycles. The molecule has 2 atom stereocenters. The average molecular weight is 291 g/mol. The fourth-order valence-corrected chi connectivity index (χ4v) is 3.33. The minimum atomic E-state index is -0.361. The molecule has 0 aliphatic carbocycles. The van der Waals surface area contributed by atoms with E-state index in [9.17, 15) is 5.11 Å². The van der Waals surface area contributed by atoms with Crippen molar-refractivity contribution in [1.29, 1.82) is 0 Å². The van der Waals surface area contributed by atoms with Crippen LogP contribution in [0.3, 0.4) is 0 Å². The van der Waals surface area contributed by atoms with Gasteiger partial charge < -0.3 is 9.84 Å². The van der Waals surface area contributed by atoms with Crippen LogP contribution in [0.1, 0.15) is 37.0 Å². The number of nitrogens with zero attached hydrogens (tertiary/aromatic N) is 1. The summed E-state index contributed by atoms with van der Waals surface area (Å²) in [6, 6.07) is 6.35. The van der Waals surface area contributed by atoms with Gasteiger partial charge in [-0.1, -0.05) is 25.1 Å². The fourth-order valence-electron chi connectivity index (χ4n) is 3.33. The summed E-state index contributed by atoms with van der Waals surface area (Å²) in [4.78, 5) is 2.40. The Morgan fingerprint density at radius 2 is 1.81 bits per heavy atom. The maximum Gasteiger partial charge on any atom is 0.0761 e. The Morgan fingerprint density at radius 3 is 2.33 bits per heavy atom. The number of aliphatic hydroxyl groups excluding tert-OH is 1. The molecular formula is C18H29NO2. The maximum atomic E-state index is 10.9. The SMILES string of the molecule is CCC(C)(C(O)Cc1c(C)cccc1C)N1CCOCC1. The fraction of sp³-hybridized carbons (Fsp3) is 0.667. The lowest BCUT2D eigenvalue weighted by molar-refractivity contribution is -0.0715. The van der Waals surface area contributed by atoms with Crippen LogP contribution in [0.25, 0.3) is 0 Å². The summed E-state index contributed by atoms with van der Waals surface area (Å²) < 4.78 is 5.45. The van der Waals surface area contributed by atoms with Crippen LogP contribution in [0.2, 0.25) is 0 Å². The van der Waals surface area contributed by atoms with Gasteiger partial charge in [0.2, 0.25) is 0 Å². The van der Waals surface area contributed by atoms with Gasteiger partial charge in [-0.25, -0.2) is 0 Å². The van der Waals surface area contributed by atoms with E-state index >= 15 is 0 Å². The van der Waals surface area contributed by atoms with Crippen molar-refractivity contribution in [3.63, 3.8) is 0 Å². The van der Waals surface area contributed by atoms with Gasteiger partial charge in [0.25, 0.3) is 0 Å². The van der Waals surface area contributed by atoms with E-state index < -0.39 is 0 Å². The van der Waals surface area contributed by atoms with Gasteiger partial charge in [0, 0.05) is 25.0 Å². The second-order valence-corrected chi connectivity index (χ2v) is 6.40. The van der Waals surface area contributed by atoms with Crippen molar-refractivity contribution in [1.82, 2.24) is 4.90 Å². The largest absolute Gasteiger partial charge is 0.391 e. The zero-order chi connectivity index (χ0) is 15.5. The Hall–Kier alpha value is -0.900. The predicted octanol–water partition coefficient (Wildman–Crippen LogP) is 2.71. The highest BCUT2D eigenvalue weighted by Gasteiger charge is 2.38. The smallest absolute Gasteiger partial charge is 0.0761 e. The van der Waals surface area contributed by atoms with Crippen molar-refractivity contribution < 1.29 is 9.84 Å². The van der Waals surface area contributed by atoms with Crippen molar-refractivity contribution >= 4 is 0 Å². The second-order valence-electron chi connectivity index (χ2n) is 6.40. The number of benzene rings is 1. The first-order valence-corrected chi connectivity index (χ1v) is 8.05. The Bertz CT molecular complexity index is 448. The third kappa shape index (κ3) is 3.47. The third-order valence-electron chi connectivity index (χ3n) is 5.21. The van der Waals surface area contributed by atoms with E-state index in [0.717, 1.165) is 39.1 Å². The topological polar surface area (TPSA) is 32.7 Å². The van der Waals surface area contributed by atoms with Crippen molar-refractivity contribution in [3.05, 3.63) is 34.9 Å². The van der Waals surface area contributed by atoms with Crippen LogP contribution in [0.15, 0.2) is 18.2 Å². The summed E-state index contributed by atoms with van der Waals surface area (Å²) in [6.45, 7) is 12.0. The molecule has 1 aromatic rings. The van der Waals surface area contributed by atoms with Gasteiger partial charge in [-0.3, -0.25) is 4.90 Å². The molecule has 118 valence electrons. The van der Waals surface area contributed by atoms with E-state index in [-0.39, 0.29) is 11.6 Å². The molecule has 1 fully saturated rings. The molecule has 2 unspecified atom stereocenters. The molecule has 1 aliphatic rings. The standard InChI is InChI=1S/C18H29NO2/c1-5-18(4,19-9-11-21-12-10-19)17(20)13-16-14(2)7-6-8-15(16)3/h6-8,17,20H,5,9-13H2,1-4H3. The highest BCUT2D eigenvalue weighted by molar-refractivity contribution is 5.34. The van der Waals surface area contributed by atoms with E-state index in [0.29, 0.717) is 0 Å². The molecule has 1 heterocycles. The van der Waals surface area contributed by atoms with Crippen LogP contribution < -0.4 is 0 Å². The predicted molar refractivity (Wildman–Crippen MR) is 86.7 cm³/mol. The van der Waals surface area contributed by atoms with Crippen molar-refractivity contribution in [2.75, 3.05) is 26.3 Å². The summed E-state index contributed by atoms with van der Waals surface area (Å²) in [5.74, 6) is 0. The van der Waals surface area contributed by atoms with Gasteiger partial charge in [0.15, 0.2) is 0 Å². The van der Waals surface area contributed by atoms with Gasteiger partial charge in [0.1, 0.15) is 0 Å². The molecule has 2 rings (SSSR count). The lowest BCUT2D eigenvalue weighted by Gasteiger charge is -2.46. The monoisotopic (exact) mass is 291 g/mol. The lowest BCUT2D eigenvalue weighted by atomic mass is 9.83. The van der Waals surface area contributed by atoms with Crippen molar-refractivity contribution in [2.45, 2.75) is 52.2 Å². The van der Waals surface area contributed by atoms with E-state index in [4.69, 9.17) is 4.74 Å². The minimum absolute atomic E-state index is 0.182. The number of rotatable bonds is 5. The Kier molecular flexibility index (Phi) is 5.42. The number of ether oxygens (including phenoxy) is 1. The van der Waals surface area contributed by atoms with Gasteiger partial charge in [-0.15, -0.1) is 0 Å². The average Bonchev–Trinajstić information content (AvgIpc) is 2.51. The first kappa shape index (κ1) is 16.5. The summed E-state index contributed by atoms with van der Waals surface area (Å²) in [5.41, 5.74) is 3.65. The van der Waals surface area contributed by atoms with Gasteiger partial charge in [-0.05, 0) is 43.9 Å². The molecule has 3 nitrogen and oxygen atoms in total. The summed E-state index contributed by atoms with van der Waals surface area (Å²) >= 11 is 0. The molecule has 21 heavy (non-hydrogen) atoms. The first-order chi connectivity index (χ1) is 9.99. The first-order valence-electron chi connectivity index (χ1n) is 8.05. The molecule has 0 radical (unpaired) electrons. The molecular weight excluding hydrogens is 262 g/mol. The molecule has 0 bridgehead atoms. The number of hydrogen-bond donors (Lipinski definition) is 1. The molecule has 0 saturated carbocycles. The van der Waals surface area contributed by atoms with Crippen molar-refractivity contribution in [2.24, 2.45) is 0 Å². The summed E-state index contributed by atoms with van der Waals surface area (Å²) in [6.07, 6.45) is 1.31. The van der Waals surface area contributed by atoms with E-state index in [1.165, 1.54) is 16.7 Å². The van der Waals surface area contributed by atoms with Crippen molar-refractivity contribution in [3.8, 4) is 0 Å². The minimum Gasteiger partial charge on any atom is -0.391 e. The Labute approximate surface area is 128 Å². The number of aryl methyl sites for hydroxylation is 2. The van der Waals surface area contributed by atoms with E-state index in [2.05, 4.69) is 50.8 Å². The number of aliphatic hydroxyl groups is 1. The number of hydrogen-bond acceptors (Lipinski definition) is 3. The van der Waals surface area contributed by atoms with Crippen LogP contribution in [0.4, 0.5) is 0 Å². The zero-order valence-electron chi connectivity index (χ0n) is 13.9. The maximum absolute atomic E-state index is 10.9. The van der Waals surface area contributed by atoms with E-state index in [1.54, 1.807) is 0 Å². The van der Waals surface area contributed by atoms with Crippen LogP contribution in [-0.2, 0) is 11.2 Å². The third-order valence-corrected chi connectivity index (χ3v) is 5.21.